The Morgan fingerprint density at radius 1 is 1.12 bits per heavy atom. The number of aliphatic hydroxyl groups is 1. The largest absolute Gasteiger partial charge is 0.372 e. The van der Waals surface area contributed by atoms with Crippen molar-refractivity contribution in [3.05, 3.63) is 29.8 Å². The molecule has 1 fully saturated rings. The maximum Gasteiger partial charge on any atom is 0.246 e. The lowest BCUT2D eigenvalue weighted by atomic mass is 10.0. The fourth-order valence-corrected chi connectivity index (χ4v) is 4.35. The van der Waals surface area contributed by atoms with Crippen molar-refractivity contribution in [1.82, 2.24) is 15.5 Å². The molecule has 1 saturated heterocycles. The lowest BCUT2D eigenvalue weighted by Crippen LogP contribution is -2.54. The summed E-state index contributed by atoms with van der Waals surface area (Å²) in [6, 6.07) is 5.83. The average Bonchev–Trinajstić information content (AvgIpc) is 3.08. The molecular formula is C24H36N4O5S. The highest BCUT2D eigenvalue weighted by molar-refractivity contribution is 7.99. The second-order valence-electron chi connectivity index (χ2n) is 8.79. The summed E-state index contributed by atoms with van der Waals surface area (Å²) in [5.74, 6) is -1.65. The minimum atomic E-state index is -0.919. The van der Waals surface area contributed by atoms with Gasteiger partial charge in [0, 0.05) is 25.1 Å². The van der Waals surface area contributed by atoms with E-state index >= 15 is 0 Å². The van der Waals surface area contributed by atoms with E-state index in [1.165, 1.54) is 16.7 Å². The molecule has 9 nitrogen and oxygen atoms in total. The van der Waals surface area contributed by atoms with E-state index in [1.807, 2.05) is 37.4 Å². The van der Waals surface area contributed by atoms with Gasteiger partial charge in [-0.3, -0.25) is 19.2 Å². The number of amides is 4. The van der Waals surface area contributed by atoms with Crippen LogP contribution in [-0.2, 0) is 25.6 Å². The van der Waals surface area contributed by atoms with Crippen LogP contribution in [0.15, 0.2) is 24.3 Å². The van der Waals surface area contributed by atoms with Crippen LogP contribution in [0, 0.1) is 5.92 Å². The maximum absolute atomic E-state index is 12.8. The van der Waals surface area contributed by atoms with E-state index in [4.69, 9.17) is 0 Å². The number of nitrogens with one attached hydrogen (secondary N) is 3. The molecule has 188 valence electrons. The van der Waals surface area contributed by atoms with Crippen LogP contribution in [0.3, 0.4) is 0 Å². The number of anilines is 1. The lowest BCUT2D eigenvalue weighted by molar-refractivity contribution is -0.135. The number of aryl methyl sites for hydroxylation is 1. The Labute approximate surface area is 205 Å². The number of rotatable bonds is 11. The highest BCUT2D eigenvalue weighted by Gasteiger charge is 2.38. The van der Waals surface area contributed by atoms with Crippen molar-refractivity contribution in [2.45, 2.75) is 70.5 Å². The summed E-state index contributed by atoms with van der Waals surface area (Å²) in [5.41, 5.74) is 1.79. The van der Waals surface area contributed by atoms with E-state index < -0.39 is 30.1 Å². The molecule has 0 radical (unpaired) electrons. The van der Waals surface area contributed by atoms with Crippen molar-refractivity contribution in [2.24, 2.45) is 5.92 Å². The Morgan fingerprint density at radius 2 is 1.76 bits per heavy atom. The Balaban J connectivity index is 1.88. The molecule has 3 unspecified atom stereocenters. The third-order valence-electron chi connectivity index (χ3n) is 5.88. The number of nitrogens with zero attached hydrogens (tertiary/aromatic N) is 1. The lowest BCUT2D eigenvalue weighted by Gasteiger charge is -2.25. The number of likely N-dealkylation sites (tertiary alicyclic amines) is 1. The van der Waals surface area contributed by atoms with Crippen molar-refractivity contribution < 1.29 is 24.3 Å². The summed E-state index contributed by atoms with van der Waals surface area (Å²) >= 11 is 1.41. The second-order valence-corrected chi connectivity index (χ2v) is 9.87. The van der Waals surface area contributed by atoms with Crippen LogP contribution in [0.25, 0.3) is 0 Å². The van der Waals surface area contributed by atoms with Crippen LogP contribution in [0.2, 0.25) is 0 Å². The molecule has 1 aromatic rings. The van der Waals surface area contributed by atoms with Crippen molar-refractivity contribution in [1.29, 1.82) is 0 Å². The van der Waals surface area contributed by atoms with Crippen molar-refractivity contribution in [3.63, 3.8) is 0 Å². The minimum Gasteiger partial charge on any atom is -0.372 e. The zero-order valence-electron chi connectivity index (χ0n) is 20.5. The SMILES string of the molecule is CCc1ccc(NC(=O)[C@H](C)NC(=O)C(NC(=O)CCN2C(=O)CC(SC)C2O)C(C)C)cc1. The average molecular weight is 493 g/mol. The number of carbonyl (C=O) groups is 4. The van der Waals surface area contributed by atoms with Crippen LogP contribution in [0.4, 0.5) is 5.69 Å². The second kappa shape index (κ2) is 12.8. The predicted octanol–water partition coefficient (Wildman–Crippen LogP) is 1.51. The number of benzene rings is 1. The molecule has 0 spiro atoms. The van der Waals surface area contributed by atoms with Gasteiger partial charge in [0.2, 0.25) is 23.6 Å². The van der Waals surface area contributed by atoms with Gasteiger partial charge < -0.3 is 26.0 Å². The van der Waals surface area contributed by atoms with E-state index in [-0.39, 0.29) is 42.4 Å². The first-order valence-electron chi connectivity index (χ1n) is 11.6. The molecule has 34 heavy (non-hydrogen) atoms. The molecular weight excluding hydrogens is 456 g/mol. The molecule has 1 heterocycles. The summed E-state index contributed by atoms with van der Waals surface area (Å²) in [4.78, 5) is 51.2. The van der Waals surface area contributed by atoms with E-state index in [2.05, 4.69) is 16.0 Å². The molecule has 1 aliphatic heterocycles. The van der Waals surface area contributed by atoms with Crippen molar-refractivity contribution >= 4 is 41.1 Å². The van der Waals surface area contributed by atoms with Gasteiger partial charge >= 0.3 is 0 Å². The van der Waals surface area contributed by atoms with Crippen molar-refractivity contribution in [2.75, 3.05) is 18.1 Å². The number of hydrogen-bond donors (Lipinski definition) is 4. The van der Waals surface area contributed by atoms with Gasteiger partial charge in [0.15, 0.2) is 0 Å². The summed E-state index contributed by atoms with van der Waals surface area (Å²) in [7, 11) is 0. The topological polar surface area (TPSA) is 128 Å². The van der Waals surface area contributed by atoms with Gasteiger partial charge in [-0.25, -0.2) is 0 Å². The van der Waals surface area contributed by atoms with E-state index in [9.17, 15) is 24.3 Å². The van der Waals surface area contributed by atoms with E-state index in [0.717, 1.165) is 12.0 Å². The Bertz CT molecular complexity index is 877. The predicted molar refractivity (Wildman–Crippen MR) is 133 cm³/mol. The Kier molecular flexibility index (Phi) is 10.4. The van der Waals surface area contributed by atoms with Gasteiger partial charge in [-0.15, -0.1) is 0 Å². The quantitative estimate of drug-likeness (QED) is 0.371. The van der Waals surface area contributed by atoms with Gasteiger partial charge in [-0.05, 0) is 43.2 Å². The van der Waals surface area contributed by atoms with E-state index in [1.54, 1.807) is 20.8 Å². The number of thioether (sulfide) groups is 1. The molecule has 4 N–H and O–H groups in total. The van der Waals surface area contributed by atoms with Crippen molar-refractivity contribution in [3.8, 4) is 0 Å². The molecule has 0 saturated carbocycles. The van der Waals surface area contributed by atoms with E-state index in [0.29, 0.717) is 5.69 Å². The molecule has 0 aromatic heterocycles. The zero-order chi connectivity index (χ0) is 25.4. The van der Waals surface area contributed by atoms with Gasteiger partial charge in [0.1, 0.15) is 18.3 Å². The van der Waals surface area contributed by atoms with Gasteiger partial charge in [-0.1, -0.05) is 32.9 Å². The standard InChI is InChI=1S/C24H36N4O5S/c1-6-16-7-9-17(10-8-16)26-22(31)15(4)25-23(32)21(14(2)3)27-19(29)11-12-28-20(30)13-18(34-5)24(28)33/h7-10,14-15,18,21,24,33H,6,11-13H2,1-5H3,(H,25,32)(H,26,31)(H,27,29)/t15-,18?,21?,24?/m0/s1. The third-order valence-corrected chi connectivity index (χ3v) is 6.89. The van der Waals surface area contributed by atoms with Gasteiger partial charge in [-0.2, -0.15) is 11.8 Å². The first-order chi connectivity index (χ1) is 16.1. The normalized spacial score (nSPS) is 19.6. The third kappa shape index (κ3) is 7.46. The fraction of sp³-hybridized carbons (Fsp3) is 0.583. The monoisotopic (exact) mass is 492 g/mol. The van der Waals surface area contributed by atoms with Crippen LogP contribution in [0.1, 0.15) is 46.1 Å². The molecule has 1 aliphatic rings. The highest BCUT2D eigenvalue weighted by Crippen LogP contribution is 2.26. The van der Waals surface area contributed by atoms with Gasteiger partial charge in [0.05, 0.1) is 5.25 Å². The first kappa shape index (κ1) is 27.7. The van der Waals surface area contributed by atoms with Crippen LogP contribution < -0.4 is 16.0 Å². The van der Waals surface area contributed by atoms with Crippen LogP contribution in [0.5, 0.6) is 0 Å². The molecule has 4 atom stereocenters. The summed E-state index contributed by atoms with van der Waals surface area (Å²) in [5, 5.41) is 18.1. The number of hydrogen-bond acceptors (Lipinski definition) is 6. The number of aliphatic hydroxyl groups excluding tert-OH is 1. The summed E-state index contributed by atoms with van der Waals surface area (Å²) in [6.07, 6.45) is 2.01. The fourth-order valence-electron chi connectivity index (χ4n) is 3.65. The summed E-state index contributed by atoms with van der Waals surface area (Å²) < 4.78 is 0. The molecule has 0 aliphatic carbocycles. The zero-order valence-corrected chi connectivity index (χ0v) is 21.3. The van der Waals surface area contributed by atoms with Crippen LogP contribution >= 0.6 is 11.8 Å². The summed E-state index contributed by atoms with van der Waals surface area (Å²) in [6.45, 7) is 7.29. The molecule has 2 rings (SSSR count). The molecule has 10 heteroatoms. The minimum absolute atomic E-state index is 0.0375. The smallest absolute Gasteiger partial charge is 0.246 e. The maximum atomic E-state index is 12.8. The first-order valence-corrected chi connectivity index (χ1v) is 12.9. The van der Waals surface area contributed by atoms with Gasteiger partial charge in [0.25, 0.3) is 0 Å². The number of carbonyl (C=O) groups excluding carboxylic acids is 4. The molecule has 0 bridgehead atoms. The Hall–Kier alpha value is -2.59. The molecule has 4 amide bonds. The van der Waals surface area contributed by atoms with Crippen LogP contribution in [-0.4, -0.2) is 70.0 Å². The highest BCUT2D eigenvalue weighted by atomic mass is 32.2. The Morgan fingerprint density at radius 3 is 2.29 bits per heavy atom. The molecule has 1 aromatic carbocycles.